The van der Waals surface area contributed by atoms with Crippen LogP contribution in [0.15, 0.2) is 11.1 Å². The van der Waals surface area contributed by atoms with Crippen molar-refractivity contribution < 1.29 is 5.21 Å². The molecule has 0 atom stereocenters. The molecule has 1 heterocycles. The van der Waals surface area contributed by atoms with Gasteiger partial charge in [0.2, 0.25) is 0 Å². The summed E-state index contributed by atoms with van der Waals surface area (Å²) >= 11 is -0.0414. The number of amidine groups is 1. The van der Waals surface area contributed by atoms with Crippen molar-refractivity contribution in [3.05, 3.63) is 11.1 Å². The Morgan fingerprint density at radius 3 is 2.13 bits per heavy atom. The molecule has 0 aliphatic carbocycles. The molecule has 0 saturated carbocycles. The normalized spacial score (nSPS) is 20.3. The van der Waals surface area contributed by atoms with Gasteiger partial charge in [0.05, 0.1) is 0 Å². The third-order valence-corrected chi connectivity index (χ3v) is 6.57. The average molecular weight is 387 g/mol. The molecular formula is C18H34N3OSe. The zero-order valence-electron chi connectivity index (χ0n) is 15.5. The Labute approximate surface area is 148 Å². The molecule has 0 aromatic heterocycles. The molecule has 1 aliphatic heterocycles. The van der Waals surface area contributed by atoms with E-state index >= 15 is 0 Å². The van der Waals surface area contributed by atoms with Crippen molar-refractivity contribution in [3.8, 4) is 0 Å². The third kappa shape index (κ3) is 5.06. The maximum atomic E-state index is 12.8. The van der Waals surface area contributed by atoms with Crippen molar-refractivity contribution in [2.45, 2.75) is 96.0 Å². The minimum absolute atomic E-state index is 0.0414. The number of nitrogens with zero attached hydrogens (tertiary/aromatic N) is 1. The van der Waals surface area contributed by atoms with E-state index in [-0.39, 0.29) is 19.7 Å². The summed E-state index contributed by atoms with van der Waals surface area (Å²) in [6.07, 6.45) is 8.60. The van der Waals surface area contributed by atoms with Crippen molar-refractivity contribution in [2.24, 2.45) is 5.73 Å². The number of nitrogens with one attached hydrogen (secondary N) is 1. The van der Waals surface area contributed by atoms with Gasteiger partial charge in [0.1, 0.15) is 0 Å². The third-order valence-electron chi connectivity index (χ3n) is 5.01. The van der Waals surface area contributed by atoms with Crippen LogP contribution in [-0.4, -0.2) is 35.8 Å². The Hall–Kier alpha value is -0.351. The van der Waals surface area contributed by atoms with Crippen LogP contribution in [-0.2, 0) is 5.21 Å². The number of hydrogen-bond donors (Lipinski definition) is 2. The first-order valence-electron chi connectivity index (χ1n) is 8.83. The van der Waals surface area contributed by atoms with Crippen LogP contribution in [0, 0.1) is 5.41 Å². The molecule has 0 aromatic rings. The Balaban J connectivity index is 2.80. The quantitative estimate of drug-likeness (QED) is 0.193. The molecule has 0 saturated heterocycles. The first-order valence-corrected chi connectivity index (χ1v) is 10.9. The summed E-state index contributed by atoms with van der Waals surface area (Å²) in [5.74, 6) is 0. The van der Waals surface area contributed by atoms with Crippen molar-refractivity contribution in [3.63, 3.8) is 0 Å². The van der Waals surface area contributed by atoms with Crippen LogP contribution >= 0.6 is 0 Å². The van der Waals surface area contributed by atoms with Gasteiger partial charge in [-0.1, -0.05) is 0 Å². The first-order chi connectivity index (χ1) is 10.7. The zero-order chi connectivity index (χ0) is 17.7. The maximum absolute atomic E-state index is 12.8. The summed E-state index contributed by atoms with van der Waals surface area (Å²) < 4.78 is 0.266. The summed E-state index contributed by atoms with van der Waals surface area (Å²) in [6.45, 7) is 10.4. The second-order valence-corrected chi connectivity index (χ2v) is 9.67. The Morgan fingerprint density at radius 1 is 1.04 bits per heavy atom. The number of unbranched alkanes of at least 4 members (excludes halogenated alkanes) is 5. The molecule has 133 valence electrons. The van der Waals surface area contributed by atoms with Crippen LogP contribution < -0.4 is 5.73 Å². The zero-order valence-corrected chi connectivity index (χ0v) is 17.2. The van der Waals surface area contributed by atoms with Gasteiger partial charge in [-0.2, -0.15) is 0 Å². The van der Waals surface area contributed by atoms with Gasteiger partial charge in [0.15, 0.2) is 0 Å². The van der Waals surface area contributed by atoms with E-state index in [1.807, 2.05) is 27.7 Å². The van der Waals surface area contributed by atoms with Crippen molar-refractivity contribution in [1.29, 1.82) is 5.41 Å². The van der Waals surface area contributed by atoms with E-state index in [2.05, 4.69) is 6.92 Å². The number of hydrogen-bond acceptors (Lipinski definition) is 2. The summed E-state index contributed by atoms with van der Waals surface area (Å²) in [4.78, 5) is 0. The molecule has 23 heavy (non-hydrogen) atoms. The minimum atomic E-state index is -0.474. The van der Waals surface area contributed by atoms with E-state index in [0.29, 0.717) is 0 Å². The molecule has 0 aromatic carbocycles. The second-order valence-electron chi connectivity index (χ2n) is 7.54. The fraction of sp³-hybridized carbons (Fsp3) is 0.833. The summed E-state index contributed by atoms with van der Waals surface area (Å²) in [6, 6.07) is 0. The van der Waals surface area contributed by atoms with Crippen LogP contribution in [0.25, 0.3) is 0 Å². The van der Waals surface area contributed by atoms with Gasteiger partial charge in [-0.3, -0.25) is 0 Å². The van der Waals surface area contributed by atoms with Crippen LogP contribution in [0.1, 0.15) is 79.6 Å². The van der Waals surface area contributed by atoms with E-state index in [9.17, 15) is 5.21 Å². The van der Waals surface area contributed by atoms with E-state index in [1.165, 1.54) is 48.3 Å². The number of nitrogens with two attached hydrogens (primary N) is 1. The molecular weight excluding hydrogens is 353 g/mol. The van der Waals surface area contributed by atoms with E-state index in [1.54, 1.807) is 0 Å². The Kier molecular flexibility index (Phi) is 7.79. The van der Waals surface area contributed by atoms with E-state index < -0.39 is 11.1 Å². The first kappa shape index (κ1) is 20.7. The fourth-order valence-electron chi connectivity index (χ4n) is 3.63. The molecule has 1 radical (unpaired) electrons. The molecule has 0 fully saturated rings. The van der Waals surface area contributed by atoms with Crippen molar-refractivity contribution >= 4 is 19.7 Å². The fourth-order valence-corrected chi connectivity index (χ4v) is 5.37. The summed E-state index contributed by atoms with van der Waals surface area (Å²) in [5, 5.41) is 22.4. The van der Waals surface area contributed by atoms with Gasteiger partial charge < -0.3 is 0 Å². The summed E-state index contributed by atoms with van der Waals surface area (Å²) in [5.41, 5.74) is 7.20. The molecule has 0 unspecified atom stereocenters. The van der Waals surface area contributed by atoms with Gasteiger partial charge in [0.25, 0.3) is 0 Å². The predicted octanol–water partition coefficient (Wildman–Crippen LogP) is 4.27. The molecule has 1 aliphatic rings. The Bertz CT molecular complexity index is 444. The number of hydroxylamine groups is 2. The number of rotatable bonds is 10. The summed E-state index contributed by atoms with van der Waals surface area (Å²) in [7, 11) is 0. The van der Waals surface area contributed by atoms with Gasteiger partial charge in [-0.25, -0.2) is 0 Å². The predicted molar refractivity (Wildman–Crippen MR) is 98.2 cm³/mol. The molecule has 0 bridgehead atoms. The SMILES string of the molecule is CCCCCCCCC1=C(C[Se]C(=N)N)C(C)(C)N([O])C1(C)C. The van der Waals surface area contributed by atoms with Gasteiger partial charge in [0, 0.05) is 0 Å². The van der Waals surface area contributed by atoms with Gasteiger partial charge >= 0.3 is 148 Å². The average Bonchev–Trinajstić information content (AvgIpc) is 2.58. The van der Waals surface area contributed by atoms with Crippen LogP contribution in [0.2, 0.25) is 5.32 Å². The van der Waals surface area contributed by atoms with E-state index in [0.717, 1.165) is 18.2 Å². The molecule has 0 amide bonds. The topological polar surface area (TPSA) is 73.0 Å². The molecule has 4 nitrogen and oxygen atoms in total. The molecule has 1 rings (SSSR count). The second kappa shape index (κ2) is 8.66. The standard InChI is InChI=1S/C18H34N3OSe/c1-6-7-8-9-10-11-12-14-15(13-23-16(19)20)18(4,5)21(22)17(14,2)3/h6-13H2,1-5H3,(H3,19,20). The van der Waals surface area contributed by atoms with Crippen molar-refractivity contribution in [1.82, 2.24) is 5.06 Å². The van der Waals surface area contributed by atoms with Crippen LogP contribution in [0.4, 0.5) is 0 Å². The molecule has 0 spiro atoms. The van der Waals surface area contributed by atoms with Gasteiger partial charge in [-0.05, 0) is 0 Å². The van der Waals surface area contributed by atoms with Crippen molar-refractivity contribution in [2.75, 3.05) is 0 Å². The molecule has 3 N–H and O–H groups in total. The Morgan fingerprint density at radius 2 is 1.57 bits per heavy atom. The molecule has 5 heteroatoms. The van der Waals surface area contributed by atoms with E-state index in [4.69, 9.17) is 11.1 Å². The van der Waals surface area contributed by atoms with Gasteiger partial charge in [-0.15, -0.1) is 0 Å². The monoisotopic (exact) mass is 388 g/mol. The van der Waals surface area contributed by atoms with Crippen LogP contribution in [0.5, 0.6) is 0 Å². The van der Waals surface area contributed by atoms with Crippen LogP contribution in [0.3, 0.4) is 0 Å².